The molecule has 0 aliphatic rings. The highest BCUT2D eigenvalue weighted by Gasteiger charge is 2.04. The van der Waals surface area contributed by atoms with Gasteiger partial charge < -0.3 is 10.3 Å². The molecule has 2 N–H and O–H groups in total. The molecule has 15 heavy (non-hydrogen) atoms. The maximum Gasteiger partial charge on any atom is 0.200 e. The molecule has 0 spiro atoms. The molecule has 1 aromatic heterocycles. The molecule has 0 unspecified atom stereocenters. The number of nitrogens with one attached hydrogen (secondary N) is 2. The second-order valence-electron chi connectivity index (χ2n) is 3.71. The molecule has 0 saturated heterocycles. The van der Waals surface area contributed by atoms with E-state index in [1.165, 1.54) is 16.7 Å². The third-order valence-electron chi connectivity index (χ3n) is 2.48. The number of imidazole rings is 1. The molecule has 78 valence electrons. The molecule has 3 heteroatoms. The summed E-state index contributed by atoms with van der Waals surface area (Å²) < 4.78 is 0. The maximum absolute atomic E-state index is 4.21. The van der Waals surface area contributed by atoms with Gasteiger partial charge >= 0.3 is 0 Å². The van der Waals surface area contributed by atoms with Crippen LogP contribution < -0.4 is 5.32 Å². The van der Waals surface area contributed by atoms with E-state index in [1.54, 1.807) is 0 Å². The summed E-state index contributed by atoms with van der Waals surface area (Å²) in [6.07, 6.45) is 1.85. The number of anilines is 1. The van der Waals surface area contributed by atoms with Crippen molar-refractivity contribution >= 4 is 5.95 Å². The molecule has 0 saturated carbocycles. The van der Waals surface area contributed by atoms with Gasteiger partial charge in [0.15, 0.2) is 5.95 Å². The van der Waals surface area contributed by atoms with E-state index < -0.39 is 0 Å². The quantitative estimate of drug-likeness (QED) is 0.784. The third kappa shape index (κ3) is 1.86. The first kappa shape index (κ1) is 9.77. The summed E-state index contributed by atoms with van der Waals surface area (Å²) in [5, 5.41) is 2.98. The fourth-order valence-electron chi connectivity index (χ4n) is 1.70. The van der Waals surface area contributed by atoms with Gasteiger partial charge in [-0.25, -0.2) is 4.98 Å². The van der Waals surface area contributed by atoms with E-state index in [-0.39, 0.29) is 0 Å². The van der Waals surface area contributed by atoms with Crippen molar-refractivity contribution in [1.29, 1.82) is 0 Å². The summed E-state index contributed by atoms with van der Waals surface area (Å²) in [6, 6.07) is 6.41. The fourth-order valence-corrected chi connectivity index (χ4v) is 1.70. The minimum Gasteiger partial charge on any atom is -0.359 e. The lowest BCUT2D eigenvalue weighted by Crippen LogP contribution is -1.89. The molecule has 0 fully saturated rings. The van der Waals surface area contributed by atoms with E-state index in [4.69, 9.17) is 0 Å². The van der Waals surface area contributed by atoms with Crippen molar-refractivity contribution in [3.63, 3.8) is 0 Å². The van der Waals surface area contributed by atoms with Crippen LogP contribution in [0, 0.1) is 13.8 Å². The lowest BCUT2D eigenvalue weighted by atomic mass is 10.0. The van der Waals surface area contributed by atoms with Crippen molar-refractivity contribution < 1.29 is 0 Å². The van der Waals surface area contributed by atoms with E-state index in [2.05, 4.69) is 47.3 Å². The monoisotopic (exact) mass is 201 g/mol. The summed E-state index contributed by atoms with van der Waals surface area (Å²) in [6.45, 7) is 4.21. The minimum absolute atomic E-state index is 0.796. The number of nitrogens with zero attached hydrogens (tertiary/aromatic N) is 1. The largest absolute Gasteiger partial charge is 0.359 e. The van der Waals surface area contributed by atoms with Crippen LogP contribution in [0.4, 0.5) is 5.95 Å². The number of hydrogen-bond acceptors (Lipinski definition) is 2. The summed E-state index contributed by atoms with van der Waals surface area (Å²) in [4.78, 5) is 7.43. The SMILES string of the molecule is CNc1ncc(-c2ccc(C)cc2C)[nH]1. The van der Waals surface area contributed by atoms with Gasteiger partial charge in [-0.05, 0) is 19.4 Å². The minimum atomic E-state index is 0.796. The van der Waals surface area contributed by atoms with Gasteiger partial charge in [-0.1, -0.05) is 23.8 Å². The molecule has 1 heterocycles. The first-order valence-electron chi connectivity index (χ1n) is 5.01. The molecule has 2 rings (SSSR count). The second-order valence-corrected chi connectivity index (χ2v) is 3.71. The normalized spacial score (nSPS) is 10.3. The van der Waals surface area contributed by atoms with Gasteiger partial charge in [0.1, 0.15) is 0 Å². The van der Waals surface area contributed by atoms with Crippen LogP contribution in [0.15, 0.2) is 24.4 Å². The average molecular weight is 201 g/mol. The fraction of sp³-hybridized carbons (Fsp3) is 0.250. The Labute approximate surface area is 89.6 Å². The summed E-state index contributed by atoms with van der Waals surface area (Å²) >= 11 is 0. The Morgan fingerprint density at radius 1 is 1.27 bits per heavy atom. The zero-order valence-electron chi connectivity index (χ0n) is 9.26. The van der Waals surface area contributed by atoms with Crippen molar-refractivity contribution in [1.82, 2.24) is 9.97 Å². The van der Waals surface area contributed by atoms with E-state index in [9.17, 15) is 0 Å². The third-order valence-corrected chi connectivity index (χ3v) is 2.48. The van der Waals surface area contributed by atoms with E-state index >= 15 is 0 Å². The Bertz CT molecular complexity index is 471. The Morgan fingerprint density at radius 2 is 2.07 bits per heavy atom. The zero-order valence-corrected chi connectivity index (χ0v) is 9.26. The smallest absolute Gasteiger partial charge is 0.200 e. The molecule has 0 aliphatic heterocycles. The van der Waals surface area contributed by atoms with Gasteiger partial charge in [0.25, 0.3) is 0 Å². The number of hydrogen-bond donors (Lipinski definition) is 2. The van der Waals surface area contributed by atoms with Crippen molar-refractivity contribution in [3.05, 3.63) is 35.5 Å². The van der Waals surface area contributed by atoms with Crippen LogP contribution in [-0.4, -0.2) is 17.0 Å². The maximum atomic E-state index is 4.21. The van der Waals surface area contributed by atoms with E-state index in [0.717, 1.165) is 11.6 Å². The van der Waals surface area contributed by atoms with Crippen LogP contribution in [-0.2, 0) is 0 Å². The highest BCUT2D eigenvalue weighted by atomic mass is 15.1. The first-order chi connectivity index (χ1) is 7.20. The molecule has 0 atom stereocenters. The number of rotatable bonds is 2. The lowest BCUT2D eigenvalue weighted by molar-refractivity contribution is 1.26. The Hall–Kier alpha value is -1.77. The predicted octanol–water partition coefficient (Wildman–Crippen LogP) is 2.74. The van der Waals surface area contributed by atoms with Gasteiger partial charge in [0.05, 0.1) is 11.9 Å². The molecule has 0 bridgehead atoms. The molecular weight excluding hydrogens is 186 g/mol. The predicted molar refractivity (Wildman–Crippen MR) is 63.0 cm³/mol. The standard InChI is InChI=1S/C12H15N3/c1-8-4-5-10(9(2)6-8)11-7-14-12(13-3)15-11/h4-7H,1-3H3,(H2,13,14,15). The number of H-pyrrole nitrogens is 1. The molecule has 2 aromatic rings. The van der Waals surface area contributed by atoms with Crippen LogP contribution in [0.2, 0.25) is 0 Å². The summed E-state index contributed by atoms with van der Waals surface area (Å²) in [5.41, 5.74) is 4.80. The van der Waals surface area contributed by atoms with Gasteiger partial charge in [-0.2, -0.15) is 0 Å². The Balaban J connectivity index is 2.44. The molecule has 1 aromatic carbocycles. The number of aromatic amines is 1. The second kappa shape index (κ2) is 3.77. The highest BCUT2D eigenvalue weighted by Crippen LogP contribution is 2.23. The van der Waals surface area contributed by atoms with Crippen molar-refractivity contribution in [2.45, 2.75) is 13.8 Å². The molecular formula is C12H15N3. The van der Waals surface area contributed by atoms with Crippen LogP contribution >= 0.6 is 0 Å². The molecule has 0 aliphatic carbocycles. The van der Waals surface area contributed by atoms with Crippen LogP contribution in [0.25, 0.3) is 11.3 Å². The molecule has 3 nitrogen and oxygen atoms in total. The van der Waals surface area contributed by atoms with Gasteiger partial charge in [0, 0.05) is 12.6 Å². The number of benzene rings is 1. The van der Waals surface area contributed by atoms with E-state index in [1.807, 2.05) is 13.2 Å². The Morgan fingerprint density at radius 3 is 2.67 bits per heavy atom. The molecule has 0 radical (unpaired) electrons. The number of aryl methyl sites for hydroxylation is 2. The van der Waals surface area contributed by atoms with Crippen molar-refractivity contribution in [2.24, 2.45) is 0 Å². The van der Waals surface area contributed by atoms with Crippen LogP contribution in [0.3, 0.4) is 0 Å². The van der Waals surface area contributed by atoms with Crippen molar-refractivity contribution in [3.8, 4) is 11.3 Å². The first-order valence-corrected chi connectivity index (χ1v) is 5.01. The Kier molecular flexibility index (Phi) is 2.46. The summed E-state index contributed by atoms with van der Waals surface area (Å²) in [5.74, 6) is 0.796. The van der Waals surface area contributed by atoms with Crippen molar-refractivity contribution in [2.75, 3.05) is 12.4 Å². The zero-order chi connectivity index (χ0) is 10.8. The topological polar surface area (TPSA) is 40.7 Å². The lowest BCUT2D eigenvalue weighted by Gasteiger charge is -2.03. The highest BCUT2D eigenvalue weighted by molar-refractivity contribution is 5.64. The van der Waals surface area contributed by atoms with Crippen LogP contribution in [0.1, 0.15) is 11.1 Å². The van der Waals surface area contributed by atoms with Gasteiger partial charge in [0.2, 0.25) is 0 Å². The van der Waals surface area contributed by atoms with E-state index in [0.29, 0.717) is 0 Å². The van der Waals surface area contributed by atoms with Gasteiger partial charge in [-0.3, -0.25) is 0 Å². The number of aromatic nitrogens is 2. The average Bonchev–Trinajstić information content (AvgIpc) is 2.66. The van der Waals surface area contributed by atoms with Crippen LogP contribution in [0.5, 0.6) is 0 Å². The van der Waals surface area contributed by atoms with Gasteiger partial charge in [-0.15, -0.1) is 0 Å². The summed E-state index contributed by atoms with van der Waals surface area (Å²) in [7, 11) is 1.85. The molecule has 0 amide bonds.